The molecule has 3 rings (SSSR count). The number of halogens is 1. The maximum atomic E-state index is 13.9. The molecule has 1 aliphatic heterocycles. The molecule has 0 amide bonds. The third-order valence-electron chi connectivity index (χ3n) is 2.74. The van der Waals surface area contributed by atoms with Crippen molar-refractivity contribution in [2.24, 2.45) is 0 Å². The minimum atomic E-state index is -0.259. The van der Waals surface area contributed by atoms with Crippen LogP contribution in [-0.2, 0) is 4.74 Å². The highest BCUT2D eigenvalue weighted by Crippen LogP contribution is 2.33. The Labute approximate surface area is 107 Å². The standard InChI is InChI=1S/C12H11FN2O2S/c13-10-3-7(9-4-15-17-12(9)14)1-2-11(10)18-8-5-16-6-8/h1-4,8H,5-6,14H2. The summed E-state index contributed by atoms with van der Waals surface area (Å²) in [6.45, 7) is 1.37. The van der Waals surface area contributed by atoms with Crippen LogP contribution in [0.25, 0.3) is 11.1 Å². The van der Waals surface area contributed by atoms with Gasteiger partial charge in [-0.05, 0) is 17.7 Å². The highest BCUT2D eigenvalue weighted by molar-refractivity contribution is 8.00. The van der Waals surface area contributed by atoms with Gasteiger partial charge in [-0.2, -0.15) is 0 Å². The molecule has 2 aromatic rings. The Morgan fingerprint density at radius 3 is 2.78 bits per heavy atom. The fourth-order valence-corrected chi connectivity index (χ4v) is 2.70. The van der Waals surface area contributed by atoms with Gasteiger partial charge in [-0.1, -0.05) is 11.2 Å². The van der Waals surface area contributed by atoms with E-state index < -0.39 is 0 Å². The summed E-state index contributed by atoms with van der Waals surface area (Å²) in [6, 6.07) is 5.01. The van der Waals surface area contributed by atoms with Gasteiger partial charge in [0.1, 0.15) is 5.82 Å². The highest BCUT2D eigenvalue weighted by Gasteiger charge is 2.21. The zero-order valence-corrected chi connectivity index (χ0v) is 10.2. The van der Waals surface area contributed by atoms with E-state index in [2.05, 4.69) is 5.16 Å². The Balaban J connectivity index is 1.86. The third kappa shape index (κ3) is 2.09. The molecule has 0 radical (unpaired) electrons. The first-order valence-corrected chi connectivity index (χ1v) is 6.36. The Bertz CT molecular complexity index is 569. The van der Waals surface area contributed by atoms with Crippen LogP contribution < -0.4 is 5.73 Å². The lowest BCUT2D eigenvalue weighted by molar-refractivity contribution is 0.0455. The van der Waals surface area contributed by atoms with Crippen LogP contribution in [0.2, 0.25) is 0 Å². The van der Waals surface area contributed by atoms with Crippen molar-refractivity contribution in [3.05, 3.63) is 30.2 Å². The van der Waals surface area contributed by atoms with Crippen LogP contribution in [0.1, 0.15) is 0 Å². The first-order chi connectivity index (χ1) is 8.74. The molecule has 2 N–H and O–H groups in total. The van der Waals surface area contributed by atoms with Crippen LogP contribution in [0, 0.1) is 5.82 Å². The topological polar surface area (TPSA) is 61.3 Å². The molecule has 0 bridgehead atoms. The van der Waals surface area contributed by atoms with Crippen LogP contribution in [0.3, 0.4) is 0 Å². The van der Waals surface area contributed by atoms with Gasteiger partial charge in [0, 0.05) is 4.90 Å². The largest absolute Gasteiger partial charge is 0.379 e. The number of benzene rings is 1. The monoisotopic (exact) mass is 266 g/mol. The van der Waals surface area contributed by atoms with E-state index in [1.807, 2.05) is 6.07 Å². The fourth-order valence-electron chi connectivity index (χ4n) is 1.69. The number of hydrogen-bond acceptors (Lipinski definition) is 5. The van der Waals surface area contributed by atoms with Crippen LogP contribution in [0.5, 0.6) is 0 Å². The van der Waals surface area contributed by atoms with Gasteiger partial charge in [0.15, 0.2) is 0 Å². The number of anilines is 1. The second kappa shape index (κ2) is 4.62. The molecule has 1 fully saturated rings. The lowest BCUT2D eigenvalue weighted by Gasteiger charge is -2.25. The lowest BCUT2D eigenvalue weighted by atomic mass is 10.1. The molecule has 6 heteroatoms. The van der Waals surface area contributed by atoms with Crippen molar-refractivity contribution >= 4 is 17.6 Å². The van der Waals surface area contributed by atoms with Crippen molar-refractivity contribution in [1.29, 1.82) is 0 Å². The number of ether oxygens (including phenoxy) is 1. The number of nitrogens with two attached hydrogens (primary N) is 1. The molecule has 0 aliphatic carbocycles. The summed E-state index contributed by atoms with van der Waals surface area (Å²) in [5.41, 5.74) is 6.87. The van der Waals surface area contributed by atoms with Crippen molar-refractivity contribution in [2.75, 3.05) is 18.9 Å². The summed E-state index contributed by atoms with van der Waals surface area (Å²) in [5.74, 6) is -0.0628. The van der Waals surface area contributed by atoms with Crippen LogP contribution in [0.15, 0.2) is 33.8 Å². The molecule has 1 aromatic carbocycles. The van der Waals surface area contributed by atoms with Gasteiger partial charge in [0.2, 0.25) is 5.88 Å². The second-order valence-corrected chi connectivity index (χ2v) is 5.37. The minimum absolute atomic E-state index is 0.196. The number of nitrogens with zero attached hydrogens (tertiary/aromatic N) is 1. The van der Waals surface area contributed by atoms with Gasteiger partial charge in [-0.25, -0.2) is 4.39 Å². The Kier molecular flexibility index (Phi) is 2.97. The smallest absolute Gasteiger partial charge is 0.229 e. The van der Waals surface area contributed by atoms with Crippen molar-refractivity contribution in [1.82, 2.24) is 5.16 Å². The summed E-state index contributed by atoms with van der Waals surface area (Å²) in [6.07, 6.45) is 1.48. The number of hydrogen-bond donors (Lipinski definition) is 1. The van der Waals surface area contributed by atoms with Gasteiger partial charge >= 0.3 is 0 Å². The van der Waals surface area contributed by atoms with Crippen molar-refractivity contribution in [2.45, 2.75) is 10.1 Å². The zero-order chi connectivity index (χ0) is 12.5. The van der Waals surface area contributed by atoms with Gasteiger partial charge < -0.3 is 15.0 Å². The molecule has 94 valence electrons. The third-order valence-corrected chi connectivity index (χ3v) is 3.93. The van der Waals surface area contributed by atoms with Crippen LogP contribution in [-0.4, -0.2) is 23.6 Å². The van der Waals surface area contributed by atoms with E-state index in [1.165, 1.54) is 24.0 Å². The Morgan fingerprint density at radius 1 is 1.39 bits per heavy atom. The van der Waals surface area contributed by atoms with Crippen molar-refractivity contribution in [3.63, 3.8) is 0 Å². The predicted octanol–water partition coefficient (Wildman–Crippen LogP) is 2.55. The quantitative estimate of drug-likeness (QED) is 0.925. The molecule has 1 aliphatic rings. The van der Waals surface area contributed by atoms with Crippen LogP contribution in [0.4, 0.5) is 10.3 Å². The molecular weight excluding hydrogens is 255 g/mol. The van der Waals surface area contributed by atoms with Gasteiger partial charge in [-0.3, -0.25) is 0 Å². The van der Waals surface area contributed by atoms with Crippen molar-refractivity contribution < 1.29 is 13.7 Å². The number of rotatable bonds is 3. The summed E-state index contributed by atoms with van der Waals surface area (Å²) in [4.78, 5) is 0.627. The average molecular weight is 266 g/mol. The lowest BCUT2D eigenvalue weighted by Crippen LogP contribution is -2.30. The number of thioether (sulfide) groups is 1. The zero-order valence-electron chi connectivity index (χ0n) is 9.43. The second-order valence-electron chi connectivity index (χ2n) is 4.03. The fraction of sp³-hybridized carbons (Fsp3) is 0.250. The molecule has 0 unspecified atom stereocenters. The number of aromatic nitrogens is 1. The normalized spacial score (nSPS) is 15.6. The average Bonchev–Trinajstić information content (AvgIpc) is 2.71. The molecule has 0 spiro atoms. The molecule has 4 nitrogen and oxygen atoms in total. The van der Waals surface area contributed by atoms with Crippen molar-refractivity contribution in [3.8, 4) is 11.1 Å². The molecule has 18 heavy (non-hydrogen) atoms. The van der Waals surface area contributed by atoms with Gasteiger partial charge in [-0.15, -0.1) is 11.8 Å². The molecule has 1 aromatic heterocycles. The predicted molar refractivity (Wildman–Crippen MR) is 66.8 cm³/mol. The first kappa shape index (κ1) is 11.6. The van der Waals surface area contributed by atoms with E-state index in [0.717, 1.165) is 0 Å². The van der Waals surface area contributed by atoms with E-state index in [-0.39, 0.29) is 11.7 Å². The maximum Gasteiger partial charge on any atom is 0.229 e. The van der Waals surface area contributed by atoms with E-state index in [9.17, 15) is 4.39 Å². The summed E-state index contributed by atoms with van der Waals surface area (Å²) >= 11 is 1.50. The summed E-state index contributed by atoms with van der Waals surface area (Å²) < 4.78 is 23.8. The van der Waals surface area contributed by atoms with E-state index in [4.69, 9.17) is 15.0 Å². The van der Waals surface area contributed by atoms with Crippen LogP contribution >= 0.6 is 11.8 Å². The van der Waals surface area contributed by atoms with E-state index in [0.29, 0.717) is 34.5 Å². The molecular formula is C12H11FN2O2S. The SMILES string of the molecule is Nc1oncc1-c1ccc(SC2COC2)c(F)c1. The van der Waals surface area contributed by atoms with E-state index in [1.54, 1.807) is 6.07 Å². The molecule has 0 saturated carbocycles. The summed E-state index contributed by atoms with van der Waals surface area (Å²) in [5, 5.41) is 3.93. The van der Waals surface area contributed by atoms with Gasteiger partial charge in [0.25, 0.3) is 0 Å². The number of nitrogen functional groups attached to an aromatic ring is 1. The molecule has 2 heterocycles. The minimum Gasteiger partial charge on any atom is -0.379 e. The molecule has 0 atom stereocenters. The Hall–Kier alpha value is -1.53. The Morgan fingerprint density at radius 2 is 2.22 bits per heavy atom. The highest BCUT2D eigenvalue weighted by atomic mass is 32.2. The first-order valence-electron chi connectivity index (χ1n) is 5.48. The summed E-state index contributed by atoms with van der Waals surface area (Å²) in [7, 11) is 0. The van der Waals surface area contributed by atoms with Gasteiger partial charge in [0.05, 0.1) is 30.2 Å². The maximum absolute atomic E-state index is 13.9. The molecule has 1 saturated heterocycles. The van der Waals surface area contributed by atoms with E-state index >= 15 is 0 Å².